The molecule has 0 radical (unpaired) electrons. The average molecular weight is 261 g/mol. The Morgan fingerprint density at radius 1 is 1.47 bits per heavy atom. The first-order chi connectivity index (χ1) is 7.79. The number of aliphatic hydroxyl groups excluding tert-OH is 1. The third-order valence-corrected chi connectivity index (χ3v) is 3.66. The van der Waals surface area contributed by atoms with Crippen molar-refractivity contribution in [1.29, 1.82) is 0 Å². The fraction of sp³-hybridized carbons (Fsp3) is 0.917. The lowest BCUT2D eigenvalue weighted by molar-refractivity contribution is 0.0525. The summed E-state index contributed by atoms with van der Waals surface area (Å²) in [5.41, 5.74) is -0.459. The quantitative estimate of drug-likeness (QED) is 0.681. The van der Waals surface area contributed by atoms with Crippen molar-refractivity contribution in [1.82, 2.24) is 5.32 Å². The van der Waals surface area contributed by atoms with Crippen LogP contribution in [0, 0.1) is 5.92 Å². The van der Waals surface area contributed by atoms with Gasteiger partial charge < -0.3 is 15.2 Å². The number of carbonyl (C=O) groups excluding carboxylic acids is 1. The van der Waals surface area contributed by atoms with Gasteiger partial charge in [0.15, 0.2) is 0 Å². The molecule has 0 heterocycles. The van der Waals surface area contributed by atoms with Gasteiger partial charge in [-0.3, -0.25) is 0 Å². The number of aliphatic hydroxyl groups is 1. The second-order valence-corrected chi connectivity index (χ2v) is 6.21. The summed E-state index contributed by atoms with van der Waals surface area (Å²) in [6.07, 6.45) is 1.94. The van der Waals surface area contributed by atoms with Crippen molar-refractivity contribution in [2.24, 2.45) is 5.92 Å². The number of ether oxygens (including phenoxy) is 1. The SMILES string of the molecule is CC(C)(C)OC(=O)NCC[C@@H]1CC[C@H](O)[C@H]1S. The van der Waals surface area contributed by atoms with Gasteiger partial charge in [0.2, 0.25) is 0 Å². The van der Waals surface area contributed by atoms with Crippen molar-refractivity contribution in [3.8, 4) is 0 Å². The lowest BCUT2D eigenvalue weighted by Gasteiger charge is -2.21. The Labute approximate surface area is 109 Å². The fourth-order valence-corrected chi connectivity index (χ4v) is 2.48. The summed E-state index contributed by atoms with van der Waals surface area (Å²) in [6, 6.07) is 0. The van der Waals surface area contributed by atoms with Gasteiger partial charge >= 0.3 is 6.09 Å². The van der Waals surface area contributed by atoms with Crippen LogP contribution in [-0.4, -0.2) is 34.7 Å². The van der Waals surface area contributed by atoms with Crippen LogP contribution in [0.2, 0.25) is 0 Å². The highest BCUT2D eigenvalue weighted by atomic mass is 32.1. The molecule has 1 aliphatic carbocycles. The van der Waals surface area contributed by atoms with Crippen LogP contribution in [0.25, 0.3) is 0 Å². The fourth-order valence-electron chi connectivity index (χ4n) is 2.03. The van der Waals surface area contributed by atoms with Crippen LogP contribution in [0.4, 0.5) is 4.79 Å². The number of alkyl carbamates (subject to hydrolysis) is 1. The molecule has 5 heteroatoms. The lowest BCUT2D eigenvalue weighted by atomic mass is 10.0. The highest BCUT2D eigenvalue weighted by molar-refractivity contribution is 7.81. The van der Waals surface area contributed by atoms with Gasteiger partial charge in [-0.15, -0.1) is 0 Å². The van der Waals surface area contributed by atoms with Gasteiger partial charge in [0, 0.05) is 11.8 Å². The van der Waals surface area contributed by atoms with Crippen molar-refractivity contribution < 1.29 is 14.6 Å². The monoisotopic (exact) mass is 261 g/mol. The van der Waals surface area contributed by atoms with E-state index in [0.717, 1.165) is 19.3 Å². The van der Waals surface area contributed by atoms with Gasteiger partial charge in [0.05, 0.1) is 6.10 Å². The van der Waals surface area contributed by atoms with Gasteiger partial charge in [0.1, 0.15) is 5.60 Å². The Kier molecular flexibility index (Phi) is 5.13. The number of thiol groups is 1. The second kappa shape index (κ2) is 5.96. The minimum absolute atomic E-state index is 0.0374. The van der Waals surface area contributed by atoms with Crippen molar-refractivity contribution in [3.05, 3.63) is 0 Å². The standard InChI is InChI=1S/C12H23NO3S/c1-12(2,3)16-11(15)13-7-6-8-4-5-9(14)10(8)17/h8-10,14,17H,4-7H2,1-3H3,(H,13,15)/t8-,9-,10-/m0/s1. The Morgan fingerprint density at radius 2 is 2.12 bits per heavy atom. The van der Waals surface area contributed by atoms with E-state index in [-0.39, 0.29) is 17.4 Å². The maximum atomic E-state index is 11.4. The maximum absolute atomic E-state index is 11.4. The Hall–Kier alpha value is -0.420. The highest BCUT2D eigenvalue weighted by Gasteiger charge is 2.31. The number of hydrogen-bond donors (Lipinski definition) is 3. The van der Waals surface area contributed by atoms with Gasteiger partial charge in [-0.25, -0.2) is 4.79 Å². The topological polar surface area (TPSA) is 58.6 Å². The van der Waals surface area contributed by atoms with Crippen molar-refractivity contribution in [2.45, 2.75) is 57.0 Å². The normalized spacial score (nSPS) is 29.1. The molecule has 0 saturated heterocycles. The van der Waals surface area contributed by atoms with Crippen molar-refractivity contribution in [2.75, 3.05) is 6.54 Å². The summed E-state index contributed by atoms with van der Waals surface area (Å²) in [4.78, 5) is 11.4. The number of hydrogen-bond acceptors (Lipinski definition) is 4. The minimum Gasteiger partial charge on any atom is -0.444 e. The zero-order chi connectivity index (χ0) is 13.1. The van der Waals surface area contributed by atoms with Crippen LogP contribution in [0.3, 0.4) is 0 Å². The molecule has 4 nitrogen and oxygen atoms in total. The molecule has 0 aromatic carbocycles. The summed E-state index contributed by atoms with van der Waals surface area (Å²) >= 11 is 4.38. The number of nitrogens with one attached hydrogen (secondary N) is 1. The summed E-state index contributed by atoms with van der Waals surface area (Å²) in [6.45, 7) is 6.08. The molecule has 1 rings (SSSR count). The average Bonchev–Trinajstić information content (AvgIpc) is 2.46. The van der Waals surface area contributed by atoms with Gasteiger partial charge in [-0.05, 0) is 46.0 Å². The molecule has 1 aliphatic rings. The van der Waals surface area contributed by atoms with Crippen LogP contribution in [0.1, 0.15) is 40.0 Å². The smallest absolute Gasteiger partial charge is 0.407 e. The molecule has 100 valence electrons. The summed E-state index contributed by atoms with van der Waals surface area (Å²) in [5.74, 6) is 0.378. The predicted octanol–water partition coefficient (Wildman–Crippen LogP) is 1.97. The molecule has 1 fully saturated rings. The molecule has 0 bridgehead atoms. The van der Waals surface area contributed by atoms with Crippen LogP contribution < -0.4 is 5.32 Å². The molecule has 1 amide bonds. The van der Waals surface area contributed by atoms with E-state index < -0.39 is 5.60 Å². The summed E-state index contributed by atoms with van der Waals surface area (Å²) < 4.78 is 5.13. The molecule has 0 unspecified atom stereocenters. The molecule has 0 aromatic rings. The first-order valence-electron chi connectivity index (χ1n) is 6.12. The Bertz CT molecular complexity index is 265. The third-order valence-electron chi connectivity index (χ3n) is 2.89. The predicted molar refractivity (Wildman–Crippen MR) is 70.4 cm³/mol. The Morgan fingerprint density at radius 3 is 2.59 bits per heavy atom. The van der Waals surface area contributed by atoms with Crippen LogP contribution in [-0.2, 0) is 4.74 Å². The van der Waals surface area contributed by atoms with E-state index in [1.54, 1.807) is 0 Å². The first kappa shape index (κ1) is 14.6. The van der Waals surface area contributed by atoms with Gasteiger partial charge in [-0.2, -0.15) is 12.6 Å². The molecular weight excluding hydrogens is 238 g/mol. The van der Waals surface area contributed by atoms with Crippen LogP contribution >= 0.6 is 12.6 Å². The summed E-state index contributed by atoms with van der Waals surface area (Å²) in [5, 5.41) is 12.3. The van der Waals surface area contributed by atoms with E-state index in [4.69, 9.17) is 4.74 Å². The molecule has 0 spiro atoms. The largest absolute Gasteiger partial charge is 0.444 e. The molecule has 0 aliphatic heterocycles. The zero-order valence-corrected chi connectivity index (χ0v) is 11.7. The number of carbonyl (C=O) groups is 1. The van der Waals surface area contributed by atoms with E-state index in [1.807, 2.05) is 20.8 Å². The number of amides is 1. The highest BCUT2D eigenvalue weighted by Crippen LogP contribution is 2.32. The van der Waals surface area contributed by atoms with Crippen LogP contribution in [0.5, 0.6) is 0 Å². The molecule has 3 atom stereocenters. The maximum Gasteiger partial charge on any atom is 0.407 e. The van der Waals surface area contributed by atoms with Gasteiger partial charge in [0.25, 0.3) is 0 Å². The van der Waals surface area contributed by atoms with E-state index >= 15 is 0 Å². The van der Waals surface area contributed by atoms with Gasteiger partial charge in [-0.1, -0.05) is 0 Å². The van der Waals surface area contributed by atoms with E-state index in [0.29, 0.717) is 12.5 Å². The van der Waals surface area contributed by atoms with E-state index in [2.05, 4.69) is 17.9 Å². The minimum atomic E-state index is -0.459. The first-order valence-corrected chi connectivity index (χ1v) is 6.64. The zero-order valence-electron chi connectivity index (χ0n) is 10.8. The van der Waals surface area contributed by atoms with Crippen molar-refractivity contribution >= 4 is 18.7 Å². The molecule has 17 heavy (non-hydrogen) atoms. The molecule has 1 saturated carbocycles. The molecular formula is C12H23NO3S. The lowest BCUT2D eigenvalue weighted by Crippen LogP contribution is -2.34. The Balaban J connectivity index is 2.18. The summed E-state index contributed by atoms with van der Waals surface area (Å²) in [7, 11) is 0. The number of rotatable bonds is 3. The van der Waals surface area contributed by atoms with E-state index in [9.17, 15) is 9.90 Å². The van der Waals surface area contributed by atoms with Crippen molar-refractivity contribution in [3.63, 3.8) is 0 Å². The third kappa shape index (κ3) is 5.17. The second-order valence-electron chi connectivity index (χ2n) is 5.61. The van der Waals surface area contributed by atoms with E-state index in [1.165, 1.54) is 0 Å². The van der Waals surface area contributed by atoms with Crippen LogP contribution in [0.15, 0.2) is 0 Å². The molecule has 0 aromatic heterocycles. The molecule has 2 N–H and O–H groups in total.